The summed E-state index contributed by atoms with van der Waals surface area (Å²) < 4.78 is 17.8. The van der Waals surface area contributed by atoms with E-state index in [9.17, 15) is 9.00 Å². The number of methoxy groups -OCH3 is 1. The van der Waals surface area contributed by atoms with Gasteiger partial charge in [-0.25, -0.2) is 0 Å². The largest absolute Gasteiger partial charge is 0.497 e. The van der Waals surface area contributed by atoms with Gasteiger partial charge in [-0.15, -0.1) is 0 Å². The average molecular weight is 335 g/mol. The van der Waals surface area contributed by atoms with Gasteiger partial charge in [-0.2, -0.15) is 0 Å². The van der Waals surface area contributed by atoms with Crippen LogP contribution < -0.4 is 9.64 Å². The number of carbonyl (C=O) groups is 1. The van der Waals surface area contributed by atoms with Gasteiger partial charge in [-0.3, -0.25) is 9.00 Å². The predicted octanol–water partition coefficient (Wildman–Crippen LogP) is 3.06. The van der Waals surface area contributed by atoms with Crippen LogP contribution in [0.2, 0.25) is 0 Å². The third-order valence-electron chi connectivity index (χ3n) is 4.90. The quantitative estimate of drug-likeness (QED) is 0.849. The molecule has 1 aromatic carbocycles. The number of fused-ring (bicyclic) bond motifs is 1. The van der Waals surface area contributed by atoms with Gasteiger partial charge in [0.25, 0.3) is 0 Å². The monoisotopic (exact) mass is 335 g/mol. The Labute approximate surface area is 140 Å². The van der Waals surface area contributed by atoms with Gasteiger partial charge in [0.05, 0.1) is 7.11 Å². The standard InChI is InChI=1S/C18H25NO3S/c1-22-15-9-10-17-14(12-15)6-5-11-19(17)18(20)13-23(21)16-7-3-2-4-8-16/h9-10,12,16H,2-8,11,13H2,1H3. The van der Waals surface area contributed by atoms with Gasteiger partial charge in [-0.1, -0.05) is 19.3 Å². The maximum Gasteiger partial charge on any atom is 0.239 e. The highest BCUT2D eigenvalue weighted by Gasteiger charge is 2.27. The smallest absolute Gasteiger partial charge is 0.239 e. The fraction of sp³-hybridized carbons (Fsp3) is 0.611. The molecular formula is C18H25NO3S. The Balaban J connectivity index is 1.70. The summed E-state index contributed by atoms with van der Waals surface area (Å²) in [6.45, 7) is 0.722. The first-order chi connectivity index (χ1) is 11.2. The molecule has 5 heteroatoms. The molecule has 1 heterocycles. The molecule has 1 aliphatic carbocycles. The van der Waals surface area contributed by atoms with E-state index >= 15 is 0 Å². The second-order valence-electron chi connectivity index (χ2n) is 6.43. The third-order valence-corrected chi connectivity index (χ3v) is 6.64. The number of amides is 1. The van der Waals surface area contributed by atoms with Crippen molar-refractivity contribution >= 4 is 22.4 Å². The molecule has 23 heavy (non-hydrogen) atoms. The minimum Gasteiger partial charge on any atom is -0.497 e. The van der Waals surface area contributed by atoms with Gasteiger partial charge < -0.3 is 9.64 Å². The zero-order valence-electron chi connectivity index (χ0n) is 13.8. The molecule has 1 fully saturated rings. The van der Waals surface area contributed by atoms with Gasteiger partial charge in [0.15, 0.2) is 0 Å². The number of anilines is 1. The van der Waals surface area contributed by atoms with Crippen molar-refractivity contribution in [2.24, 2.45) is 0 Å². The lowest BCUT2D eigenvalue weighted by Crippen LogP contribution is -2.39. The molecular weight excluding hydrogens is 310 g/mol. The summed E-state index contributed by atoms with van der Waals surface area (Å²) in [5.41, 5.74) is 2.11. The SMILES string of the molecule is COc1ccc2c(c1)CCCN2C(=O)CS(=O)C1CCCCC1. The second-order valence-corrected chi connectivity index (χ2v) is 8.15. The zero-order chi connectivity index (χ0) is 16.2. The first-order valence-corrected chi connectivity index (χ1v) is 9.91. The van der Waals surface area contributed by atoms with E-state index in [1.807, 2.05) is 23.1 Å². The molecule has 126 valence electrons. The van der Waals surface area contributed by atoms with E-state index < -0.39 is 10.8 Å². The van der Waals surface area contributed by atoms with Gasteiger partial charge in [0.1, 0.15) is 11.5 Å². The number of rotatable bonds is 4. The summed E-state index contributed by atoms with van der Waals surface area (Å²) in [6.07, 6.45) is 7.46. The molecule has 0 aromatic heterocycles. The van der Waals surface area contributed by atoms with E-state index in [0.29, 0.717) is 0 Å². The van der Waals surface area contributed by atoms with E-state index in [1.165, 1.54) is 6.42 Å². The Bertz CT molecular complexity index is 596. The fourth-order valence-corrected chi connectivity index (χ4v) is 5.10. The molecule has 0 spiro atoms. The minimum atomic E-state index is -1.04. The van der Waals surface area contributed by atoms with Gasteiger partial charge >= 0.3 is 0 Å². The Morgan fingerprint density at radius 3 is 2.78 bits per heavy atom. The van der Waals surface area contributed by atoms with Crippen LogP contribution in [0.25, 0.3) is 0 Å². The molecule has 0 bridgehead atoms. The summed E-state index contributed by atoms with van der Waals surface area (Å²) in [7, 11) is 0.617. The first-order valence-electron chi connectivity index (χ1n) is 8.53. The molecule has 0 N–H and O–H groups in total. The van der Waals surface area contributed by atoms with Crippen LogP contribution in [0.1, 0.15) is 44.1 Å². The van der Waals surface area contributed by atoms with Crippen molar-refractivity contribution in [3.63, 3.8) is 0 Å². The van der Waals surface area contributed by atoms with Crippen molar-refractivity contribution < 1.29 is 13.7 Å². The molecule has 0 saturated heterocycles. The average Bonchev–Trinajstić information content (AvgIpc) is 2.61. The van der Waals surface area contributed by atoms with Crippen molar-refractivity contribution in [2.45, 2.75) is 50.2 Å². The summed E-state index contributed by atoms with van der Waals surface area (Å²) in [5.74, 6) is 0.986. The van der Waals surface area contributed by atoms with E-state index in [2.05, 4.69) is 0 Å². The Morgan fingerprint density at radius 2 is 2.04 bits per heavy atom. The van der Waals surface area contributed by atoms with E-state index in [1.54, 1.807) is 7.11 Å². The number of nitrogens with zero attached hydrogens (tertiary/aromatic N) is 1. The van der Waals surface area contributed by atoms with Crippen LogP contribution in [0.3, 0.4) is 0 Å². The fourth-order valence-electron chi connectivity index (χ4n) is 3.61. The molecule has 3 rings (SSSR count). The lowest BCUT2D eigenvalue weighted by Gasteiger charge is -2.30. The van der Waals surface area contributed by atoms with Crippen LogP contribution in [-0.2, 0) is 22.0 Å². The number of hydrogen-bond donors (Lipinski definition) is 0. The van der Waals surface area contributed by atoms with Crippen LogP contribution in [-0.4, -0.2) is 34.8 Å². The molecule has 1 aromatic rings. The maximum atomic E-state index is 12.7. The van der Waals surface area contributed by atoms with E-state index in [-0.39, 0.29) is 16.9 Å². The first kappa shape index (κ1) is 16.5. The van der Waals surface area contributed by atoms with Crippen LogP contribution >= 0.6 is 0 Å². The number of ether oxygens (including phenoxy) is 1. The summed E-state index contributed by atoms with van der Waals surface area (Å²) >= 11 is 0. The molecule has 1 atom stereocenters. The van der Waals surface area contributed by atoms with Crippen molar-refractivity contribution in [2.75, 3.05) is 24.3 Å². The lowest BCUT2D eigenvalue weighted by molar-refractivity contribution is -0.116. The topological polar surface area (TPSA) is 46.6 Å². The predicted molar refractivity (Wildman–Crippen MR) is 93.6 cm³/mol. The van der Waals surface area contributed by atoms with Crippen LogP contribution in [0.15, 0.2) is 18.2 Å². The normalized spacial score (nSPS) is 20.0. The van der Waals surface area contributed by atoms with Crippen molar-refractivity contribution in [1.82, 2.24) is 0 Å². The molecule has 4 nitrogen and oxygen atoms in total. The number of benzene rings is 1. The molecule has 1 aliphatic heterocycles. The van der Waals surface area contributed by atoms with Crippen LogP contribution in [0.5, 0.6) is 5.75 Å². The Morgan fingerprint density at radius 1 is 1.26 bits per heavy atom. The highest BCUT2D eigenvalue weighted by molar-refractivity contribution is 7.86. The molecule has 2 aliphatic rings. The van der Waals surface area contributed by atoms with Crippen LogP contribution in [0, 0.1) is 0 Å². The maximum absolute atomic E-state index is 12.7. The zero-order valence-corrected chi connectivity index (χ0v) is 14.6. The van der Waals surface area contributed by atoms with E-state index in [4.69, 9.17) is 4.74 Å². The Hall–Kier alpha value is -1.36. The summed E-state index contributed by atoms with van der Waals surface area (Å²) in [5, 5.41) is 0.216. The molecule has 0 radical (unpaired) electrons. The molecule has 1 amide bonds. The van der Waals surface area contributed by atoms with E-state index in [0.717, 1.165) is 62.1 Å². The lowest BCUT2D eigenvalue weighted by atomic mass is 10.0. The highest BCUT2D eigenvalue weighted by atomic mass is 32.2. The molecule has 1 saturated carbocycles. The third kappa shape index (κ3) is 3.77. The summed E-state index contributed by atoms with van der Waals surface area (Å²) in [4.78, 5) is 14.5. The molecule has 1 unspecified atom stereocenters. The summed E-state index contributed by atoms with van der Waals surface area (Å²) in [6, 6.07) is 5.85. The van der Waals surface area contributed by atoms with Gasteiger partial charge in [0.2, 0.25) is 5.91 Å². The van der Waals surface area contributed by atoms with Crippen molar-refractivity contribution in [3.05, 3.63) is 23.8 Å². The van der Waals surface area contributed by atoms with Gasteiger partial charge in [0, 0.05) is 28.3 Å². The van der Waals surface area contributed by atoms with Crippen molar-refractivity contribution in [3.8, 4) is 5.75 Å². The highest BCUT2D eigenvalue weighted by Crippen LogP contribution is 2.31. The van der Waals surface area contributed by atoms with Crippen molar-refractivity contribution in [1.29, 1.82) is 0 Å². The number of hydrogen-bond acceptors (Lipinski definition) is 3. The van der Waals surface area contributed by atoms with Gasteiger partial charge in [-0.05, 0) is 49.4 Å². The van der Waals surface area contributed by atoms with Crippen LogP contribution in [0.4, 0.5) is 5.69 Å². The Kier molecular flexibility index (Phi) is 5.36. The number of aryl methyl sites for hydroxylation is 1. The second kappa shape index (κ2) is 7.47. The minimum absolute atomic E-state index is 0.0000219. The number of carbonyl (C=O) groups excluding carboxylic acids is 1.